The van der Waals surface area contributed by atoms with E-state index in [0.29, 0.717) is 5.92 Å². The van der Waals surface area contributed by atoms with Gasteiger partial charge >= 0.3 is 5.69 Å². The van der Waals surface area contributed by atoms with Gasteiger partial charge in [-0.05, 0) is 53.5 Å². The van der Waals surface area contributed by atoms with E-state index in [1.807, 2.05) is 29.2 Å². The maximum Gasteiger partial charge on any atom is 0.326 e. The lowest BCUT2D eigenvalue weighted by Crippen LogP contribution is -2.37. The summed E-state index contributed by atoms with van der Waals surface area (Å²) in [5, 5.41) is 12.2. The van der Waals surface area contributed by atoms with Crippen LogP contribution in [-0.4, -0.2) is 27.0 Å². The van der Waals surface area contributed by atoms with Crippen LogP contribution in [0.1, 0.15) is 46.8 Å². The van der Waals surface area contributed by atoms with Gasteiger partial charge in [0.15, 0.2) is 0 Å². The van der Waals surface area contributed by atoms with Gasteiger partial charge in [-0.1, -0.05) is 42.5 Å². The van der Waals surface area contributed by atoms with Crippen LogP contribution >= 0.6 is 0 Å². The molecule has 1 heterocycles. The molecule has 0 unspecified atom stereocenters. The van der Waals surface area contributed by atoms with Gasteiger partial charge in [-0.15, -0.1) is 0 Å². The molecule has 1 aliphatic rings. The lowest BCUT2D eigenvalue weighted by Gasteiger charge is -2.15. The fourth-order valence-electron chi connectivity index (χ4n) is 4.15. The summed E-state index contributed by atoms with van der Waals surface area (Å²) in [6.45, 7) is 0.0119. The molecule has 3 aromatic rings. The number of carbonyl (C=O) groups is 1. The zero-order valence-electron chi connectivity index (χ0n) is 16.9. The van der Waals surface area contributed by atoms with Gasteiger partial charge in [-0.25, -0.2) is 4.79 Å². The lowest BCUT2D eigenvalue weighted by atomic mass is 9.94. The SMILES string of the molecule is Nc1c(C(=O)N[C@H]2CC[C@@H](c3ccc(-c4cccc(CO)c4)cc3)C2)[nH]c(=O)[nH]c1=O. The van der Waals surface area contributed by atoms with Crippen molar-refractivity contribution in [1.82, 2.24) is 15.3 Å². The van der Waals surface area contributed by atoms with Gasteiger partial charge in [-0.2, -0.15) is 0 Å². The first-order valence-electron chi connectivity index (χ1n) is 10.2. The van der Waals surface area contributed by atoms with Crippen molar-refractivity contribution < 1.29 is 9.90 Å². The van der Waals surface area contributed by atoms with Gasteiger partial charge < -0.3 is 21.1 Å². The van der Waals surface area contributed by atoms with Gasteiger partial charge in [0.2, 0.25) is 0 Å². The van der Waals surface area contributed by atoms with Crippen molar-refractivity contribution in [3.05, 3.63) is 86.2 Å². The molecule has 0 saturated heterocycles. The van der Waals surface area contributed by atoms with Crippen molar-refractivity contribution >= 4 is 11.6 Å². The summed E-state index contributed by atoms with van der Waals surface area (Å²) in [4.78, 5) is 39.8. The van der Waals surface area contributed by atoms with Crippen LogP contribution in [0.4, 0.5) is 5.69 Å². The number of aliphatic hydroxyl groups is 1. The van der Waals surface area contributed by atoms with Gasteiger partial charge in [0.25, 0.3) is 11.5 Å². The number of nitrogens with two attached hydrogens (primary N) is 1. The minimum atomic E-state index is -0.775. The average molecular weight is 420 g/mol. The van der Waals surface area contributed by atoms with E-state index in [0.717, 1.165) is 36.0 Å². The van der Waals surface area contributed by atoms with Crippen molar-refractivity contribution in [2.24, 2.45) is 0 Å². The lowest BCUT2D eigenvalue weighted by molar-refractivity contribution is 0.0933. The van der Waals surface area contributed by atoms with Crippen LogP contribution in [0.5, 0.6) is 0 Å². The van der Waals surface area contributed by atoms with Gasteiger partial charge in [0, 0.05) is 6.04 Å². The first kappa shape index (κ1) is 20.6. The van der Waals surface area contributed by atoms with Crippen molar-refractivity contribution in [3.8, 4) is 11.1 Å². The van der Waals surface area contributed by atoms with E-state index in [4.69, 9.17) is 5.73 Å². The van der Waals surface area contributed by atoms with E-state index < -0.39 is 17.2 Å². The quantitative estimate of drug-likeness (QED) is 0.428. The molecule has 8 nitrogen and oxygen atoms in total. The van der Waals surface area contributed by atoms with Crippen molar-refractivity contribution in [1.29, 1.82) is 0 Å². The van der Waals surface area contributed by atoms with E-state index >= 15 is 0 Å². The van der Waals surface area contributed by atoms with Crippen LogP contribution in [0.15, 0.2) is 58.1 Å². The number of benzene rings is 2. The maximum absolute atomic E-state index is 12.5. The molecule has 1 aliphatic carbocycles. The molecule has 8 heteroatoms. The molecular weight excluding hydrogens is 396 g/mol. The Labute approximate surface area is 178 Å². The van der Waals surface area contributed by atoms with E-state index in [2.05, 4.69) is 34.6 Å². The molecule has 1 amide bonds. The number of amides is 1. The number of aliphatic hydroxyl groups excluding tert-OH is 1. The van der Waals surface area contributed by atoms with Gasteiger partial charge in [-0.3, -0.25) is 14.6 Å². The monoisotopic (exact) mass is 420 g/mol. The van der Waals surface area contributed by atoms with E-state index in [1.54, 1.807) is 0 Å². The predicted molar refractivity (Wildman–Crippen MR) is 118 cm³/mol. The molecule has 0 bridgehead atoms. The summed E-state index contributed by atoms with van der Waals surface area (Å²) in [7, 11) is 0. The molecule has 1 saturated carbocycles. The second-order valence-corrected chi connectivity index (χ2v) is 7.86. The van der Waals surface area contributed by atoms with Gasteiger partial charge in [0.05, 0.1) is 6.61 Å². The number of aromatic amines is 2. The number of aromatic nitrogens is 2. The first-order valence-corrected chi connectivity index (χ1v) is 10.2. The molecule has 0 aliphatic heterocycles. The largest absolute Gasteiger partial charge is 0.392 e. The second-order valence-electron chi connectivity index (χ2n) is 7.86. The van der Waals surface area contributed by atoms with Crippen LogP contribution < -0.4 is 22.3 Å². The molecule has 1 fully saturated rings. The Bertz CT molecular complexity index is 1210. The summed E-state index contributed by atoms with van der Waals surface area (Å²) in [6, 6.07) is 16.1. The Morgan fingerprint density at radius 2 is 1.84 bits per heavy atom. The molecule has 31 heavy (non-hydrogen) atoms. The molecule has 0 radical (unpaired) electrons. The van der Waals surface area contributed by atoms with Crippen LogP contribution in [0.2, 0.25) is 0 Å². The number of hydrogen-bond acceptors (Lipinski definition) is 5. The Morgan fingerprint density at radius 3 is 2.58 bits per heavy atom. The molecule has 2 atom stereocenters. The van der Waals surface area contributed by atoms with Crippen LogP contribution in [0, 0.1) is 0 Å². The number of nitrogens with one attached hydrogen (secondary N) is 3. The number of anilines is 1. The minimum Gasteiger partial charge on any atom is -0.392 e. The molecular formula is C23H24N4O4. The van der Waals surface area contributed by atoms with Crippen molar-refractivity contribution in [2.75, 3.05) is 5.73 Å². The van der Waals surface area contributed by atoms with Crippen molar-refractivity contribution in [2.45, 2.75) is 37.8 Å². The smallest absolute Gasteiger partial charge is 0.326 e. The Hall–Kier alpha value is -3.65. The summed E-state index contributed by atoms with van der Waals surface area (Å²) in [5.41, 5.74) is 7.80. The fraction of sp³-hybridized carbons (Fsp3) is 0.261. The Kier molecular flexibility index (Phi) is 5.73. The Balaban J connectivity index is 1.42. The minimum absolute atomic E-state index is 0.0119. The first-order chi connectivity index (χ1) is 14.9. The third kappa shape index (κ3) is 4.44. The summed E-state index contributed by atoms with van der Waals surface area (Å²) >= 11 is 0. The number of hydrogen-bond donors (Lipinski definition) is 5. The summed E-state index contributed by atoms with van der Waals surface area (Å²) in [5.74, 6) is -0.246. The predicted octanol–water partition coefficient (Wildman–Crippen LogP) is 1.87. The number of H-pyrrole nitrogens is 2. The highest BCUT2D eigenvalue weighted by molar-refractivity contribution is 5.97. The number of nitrogen functional groups attached to an aromatic ring is 1. The number of rotatable bonds is 5. The topological polar surface area (TPSA) is 141 Å². The zero-order chi connectivity index (χ0) is 22.0. The van der Waals surface area contributed by atoms with Gasteiger partial charge in [0.1, 0.15) is 11.4 Å². The highest BCUT2D eigenvalue weighted by Gasteiger charge is 2.28. The molecule has 6 N–H and O–H groups in total. The normalized spacial score (nSPS) is 18.1. The summed E-state index contributed by atoms with van der Waals surface area (Å²) < 4.78 is 0. The van der Waals surface area contributed by atoms with E-state index in [1.165, 1.54) is 5.56 Å². The molecule has 2 aromatic carbocycles. The van der Waals surface area contributed by atoms with Crippen LogP contribution in [0.25, 0.3) is 11.1 Å². The molecule has 1 aromatic heterocycles. The molecule has 4 rings (SSSR count). The third-order valence-corrected chi connectivity index (χ3v) is 5.80. The highest BCUT2D eigenvalue weighted by Crippen LogP contribution is 2.35. The number of carbonyl (C=O) groups excluding carboxylic acids is 1. The highest BCUT2D eigenvalue weighted by atomic mass is 16.3. The maximum atomic E-state index is 12.5. The molecule has 0 spiro atoms. The zero-order valence-corrected chi connectivity index (χ0v) is 16.9. The van der Waals surface area contributed by atoms with Crippen LogP contribution in [0.3, 0.4) is 0 Å². The third-order valence-electron chi connectivity index (χ3n) is 5.80. The van der Waals surface area contributed by atoms with E-state index in [9.17, 15) is 19.5 Å². The second kappa shape index (κ2) is 8.61. The fourth-order valence-corrected chi connectivity index (χ4v) is 4.15. The average Bonchev–Trinajstić information content (AvgIpc) is 3.24. The molecule has 160 valence electrons. The standard InChI is InChI=1S/C23H24N4O4/c24-19-20(26-23(31)27-21(19)29)22(30)25-18-9-8-17(11-18)15-6-4-14(5-7-15)16-3-1-2-13(10-16)12-28/h1-7,10,17-18,28H,8-9,11-12,24H2,(H,25,30)(H2,26,27,29,31)/t17-,18+/m1/s1. The van der Waals surface area contributed by atoms with Crippen LogP contribution in [-0.2, 0) is 6.61 Å². The van der Waals surface area contributed by atoms with E-state index in [-0.39, 0.29) is 24.0 Å². The summed E-state index contributed by atoms with van der Waals surface area (Å²) in [6.07, 6.45) is 2.48. The van der Waals surface area contributed by atoms with Crippen molar-refractivity contribution in [3.63, 3.8) is 0 Å². The Morgan fingerprint density at radius 1 is 1.06 bits per heavy atom.